The number of aliphatic hydroxyl groups is 1. The van der Waals surface area contributed by atoms with Crippen molar-refractivity contribution in [1.29, 1.82) is 0 Å². The molecule has 2 rings (SSSR count). The second-order valence-corrected chi connectivity index (χ2v) is 4.29. The molecule has 1 heterocycles. The largest absolute Gasteiger partial charge is 0.472 e. The molecule has 2 aromatic rings. The lowest BCUT2D eigenvalue weighted by molar-refractivity contribution is 0.177. The molecule has 1 N–H and O–H groups in total. The molecule has 1 unspecified atom stereocenters. The van der Waals surface area contributed by atoms with E-state index < -0.39 is 6.10 Å². The van der Waals surface area contributed by atoms with Crippen LogP contribution in [0.1, 0.15) is 17.2 Å². The molecule has 0 aliphatic rings. The van der Waals surface area contributed by atoms with Crippen molar-refractivity contribution in [2.45, 2.75) is 12.5 Å². The minimum atomic E-state index is -0.748. The number of aliphatic hydroxyl groups excluding tert-OH is 1. The summed E-state index contributed by atoms with van der Waals surface area (Å²) in [6.07, 6.45) is 2.76. The van der Waals surface area contributed by atoms with Crippen molar-refractivity contribution in [3.63, 3.8) is 0 Å². The molecule has 0 aliphatic heterocycles. The molecular weight excluding hydrogens is 275 g/mol. The molecule has 0 spiro atoms. The molecule has 0 fully saturated rings. The van der Waals surface area contributed by atoms with E-state index in [9.17, 15) is 9.50 Å². The highest BCUT2D eigenvalue weighted by atomic mass is 79.9. The van der Waals surface area contributed by atoms with Crippen molar-refractivity contribution in [1.82, 2.24) is 0 Å². The van der Waals surface area contributed by atoms with E-state index in [1.165, 1.54) is 6.07 Å². The first-order chi connectivity index (χ1) is 7.68. The second-order valence-electron chi connectivity index (χ2n) is 3.49. The van der Waals surface area contributed by atoms with Gasteiger partial charge in [-0.15, -0.1) is 0 Å². The predicted molar refractivity (Wildman–Crippen MR) is 61.5 cm³/mol. The number of halogens is 2. The van der Waals surface area contributed by atoms with E-state index in [4.69, 9.17) is 4.42 Å². The quantitative estimate of drug-likeness (QED) is 0.937. The molecule has 0 saturated carbocycles. The van der Waals surface area contributed by atoms with Gasteiger partial charge >= 0.3 is 0 Å². The summed E-state index contributed by atoms with van der Waals surface area (Å²) in [6, 6.07) is 6.39. The lowest BCUT2D eigenvalue weighted by Crippen LogP contribution is -2.02. The first kappa shape index (κ1) is 11.4. The maximum Gasteiger partial charge on any atom is 0.137 e. The number of rotatable bonds is 3. The summed E-state index contributed by atoms with van der Waals surface area (Å²) in [5, 5.41) is 9.96. The highest BCUT2D eigenvalue weighted by Crippen LogP contribution is 2.28. The van der Waals surface area contributed by atoms with Crippen LogP contribution in [0.3, 0.4) is 0 Å². The smallest absolute Gasteiger partial charge is 0.137 e. The lowest BCUT2D eigenvalue weighted by Gasteiger charge is -2.12. The highest BCUT2D eigenvalue weighted by molar-refractivity contribution is 9.10. The molecule has 4 heteroatoms. The Morgan fingerprint density at radius 3 is 2.88 bits per heavy atom. The third-order valence-corrected chi connectivity index (χ3v) is 3.19. The van der Waals surface area contributed by atoms with Crippen molar-refractivity contribution < 1.29 is 13.9 Å². The molecule has 0 radical (unpaired) electrons. The zero-order valence-electron chi connectivity index (χ0n) is 8.36. The van der Waals surface area contributed by atoms with E-state index in [0.29, 0.717) is 16.5 Å². The minimum absolute atomic E-state index is 0.311. The van der Waals surface area contributed by atoms with Gasteiger partial charge in [0, 0.05) is 6.42 Å². The Balaban J connectivity index is 2.21. The third kappa shape index (κ3) is 2.33. The summed E-state index contributed by atoms with van der Waals surface area (Å²) >= 11 is 3.13. The Hall–Kier alpha value is -1.13. The summed E-state index contributed by atoms with van der Waals surface area (Å²) in [4.78, 5) is 0. The standard InChI is InChI=1S/C12H10BrFO2/c13-12-9(2-1-3-10(12)14)11(15)6-8-4-5-16-7-8/h1-5,7,11,15H,6H2. The van der Waals surface area contributed by atoms with Crippen LogP contribution in [0, 0.1) is 5.82 Å². The summed E-state index contributed by atoms with van der Waals surface area (Å²) in [6.45, 7) is 0. The molecule has 1 atom stereocenters. The molecule has 0 aliphatic carbocycles. The fourth-order valence-electron chi connectivity index (χ4n) is 1.52. The van der Waals surface area contributed by atoms with Gasteiger partial charge < -0.3 is 9.52 Å². The third-order valence-electron chi connectivity index (χ3n) is 2.35. The monoisotopic (exact) mass is 284 g/mol. The maximum absolute atomic E-state index is 13.2. The molecule has 0 bridgehead atoms. The molecule has 84 valence electrons. The normalized spacial score (nSPS) is 12.7. The van der Waals surface area contributed by atoms with Crippen LogP contribution in [0.2, 0.25) is 0 Å². The van der Waals surface area contributed by atoms with Gasteiger partial charge in [-0.25, -0.2) is 4.39 Å². The number of furan rings is 1. The van der Waals surface area contributed by atoms with Gasteiger partial charge in [-0.3, -0.25) is 0 Å². The zero-order valence-corrected chi connectivity index (χ0v) is 9.95. The number of hydrogen-bond acceptors (Lipinski definition) is 2. The topological polar surface area (TPSA) is 33.4 Å². The van der Waals surface area contributed by atoms with E-state index in [0.717, 1.165) is 5.56 Å². The van der Waals surface area contributed by atoms with Gasteiger partial charge in [0.1, 0.15) is 5.82 Å². The summed E-state index contributed by atoms with van der Waals surface area (Å²) < 4.78 is 18.5. The Morgan fingerprint density at radius 1 is 1.38 bits per heavy atom. The molecule has 2 nitrogen and oxygen atoms in total. The van der Waals surface area contributed by atoms with Gasteiger partial charge in [-0.05, 0) is 39.2 Å². The van der Waals surface area contributed by atoms with Gasteiger partial charge in [0.05, 0.1) is 23.1 Å². The first-order valence-electron chi connectivity index (χ1n) is 4.81. The van der Waals surface area contributed by atoms with Gasteiger partial charge in [0.2, 0.25) is 0 Å². The average Bonchev–Trinajstić information content (AvgIpc) is 2.74. The van der Waals surface area contributed by atoms with Crippen LogP contribution in [0.5, 0.6) is 0 Å². The maximum atomic E-state index is 13.2. The van der Waals surface area contributed by atoms with E-state index >= 15 is 0 Å². The second kappa shape index (κ2) is 4.80. The van der Waals surface area contributed by atoms with Gasteiger partial charge in [-0.2, -0.15) is 0 Å². The highest BCUT2D eigenvalue weighted by Gasteiger charge is 2.14. The van der Waals surface area contributed by atoms with Crippen LogP contribution < -0.4 is 0 Å². The Kier molecular flexibility index (Phi) is 3.41. The summed E-state index contributed by atoms with van der Waals surface area (Å²) in [5.74, 6) is -0.372. The summed E-state index contributed by atoms with van der Waals surface area (Å²) in [7, 11) is 0. The fourth-order valence-corrected chi connectivity index (χ4v) is 2.05. The lowest BCUT2D eigenvalue weighted by atomic mass is 10.0. The molecule has 16 heavy (non-hydrogen) atoms. The van der Waals surface area contributed by atoms with Crippen molar-refractivity contribution in [3.8, 4) is 0 Å². The number of benzene rings is 1. The van der Waals surface area contributed by atoms with Crippen LogP contribution >= 0.6 is 15.9 Å². The van der Waals surface area contributed by atoms with Crippen LogP contribution in [-0.2, 0) is 6.42 Å². The van der Waals surface area contributed by atoms with Crippen LogP contribution in [0.15, 0.2) is 45.7 Å². The zero-order chi connectivity index (χ0) is 11.5. The van der Waals surface area contributed by atoms with Crippen molar-refractivity contribution in [2.24, 2.45) is 0 Å². The SMILES string of the molecule is OC(Cc1ccoc1)c1cccc(F)c1Br. The first-order valence-corrected chi connectivity index (χ1v) is 5.61. The molecule has 1 aromatic heterocycles. The van der Waals surface area contributed by atoms with Gasteiger partial charge in [0.25, 0.3) is 0 Å². The van der Waals surface area contributed by atoms with E-state index in [1.807, 2.05) is 0 Å². The van der Waals surface area contributed by atoms with Crippen molar-refractivity contribution >= 4 is 15.9 Å². The van der Waals surface area contributed by atoms with Gasteiger partial charge in [-0.1, -0.05) is 12.1 Å². The Bertz CT molecular complexity index is 468. The summed E-state index contributed by atoms with van der Waals surface area (Å²) in [5.41, 5.74) is 1.42. The molecule has 0 saturated heterocycles. The van der Waals surface area contributed by atoms with E-state index in [1.54, 1.807) is 30.7 Å². The van der Waals surface area contributed by atoms with Gasteiger partial charge in [0.15, 0.2) is 0 Å². The molecule has 0 amide bonds. The van der Waals surface area contributed by atoms with Crippen LogP contribution in [0.25, 0.3) is 0 Å². The van der Waals surface area contributed by atoms with Crippen LogP contribution in [-0.4, -0.2) is 5.11 Å². The molecular formula is C12H10BrFO2. The average molecular weight is 285 g/mol. The van der Waals surface area contributed by atoms with E-state index in [2.05, 4.69) is 15.9 Å². The fraction of sp³-hybridized carbons (Fsp3) is 0.167. The minimum Gasteiger partial charge on any atom is -0.472 e. The van der Waals surface area contributed by atoms with Crippen LogP contribution in [0.4, 0.5) is 4.39 Å². The van der Waals surface area contributed by atoms with Crippen molar-refractivity contribution in [3.05, 3.63) is 58.2 Å². The predicted octanol–water partition coefficient (Wildman–Crippen LogP) is 3.46. The van der Waals surface area contributed by atoms with E-state index in [-0.39, 0.29) is 5.82 Å². The Labute approximate surface area is 101 Å². The van der Waals surface area contributed by atoms with Crippen molar-refractivity contribution in [2.75, 3.05) is 0 Å². The molecule has 1 aromatic carbocycles. The number of hydrogen-bond donors (Lipinski definition) is 1. The Morgan fingerprint density at radius 2 is 2.19 bits per heavy atom.